The molecule has 3 nitrogen and oxygen atoms in total. The first-order valence-electron chi connectivity index (χ1n) is 9.21. The quantitative estimate of drug-likeness (QED) is 0.399. The van der Waals surface area contributed by atoms with Crippen molar-refractivity contribution >= 4 is 10.8 Å². The predicted octanol–water partition coefficient (Wildman–Crippen LogP) is 6.01. The van der Waals surface area contributed by atoms with Gasteiger partial charge in [-0.2, -0.15) is 13.2 Å². The Balaban J connectivity index is 1.59. The minimum atomic E-state index is -4.37. The summed E-state index contributed by atoms with van der Waals surface area (Å²) in [6, 6.07) is 19.3. The second kappa shape index (κ2) is 8.09. The van der Waals surface area contributed by atoms with Crippen LogP contribution in [0.1, 0.15) is 22.8 Å². The van der Waals surface area contributed by atoms with E-state index in [-0.39, 0.29) is 12.7 Å². The van der Waals surface area contributed by atoms with Crippen LogP contribution in [-0.4, -0.2) is 9.55 Å². The van der Waals surface area contributed by atoms with E-state index in [9.17, 15) is 13.2 Å². The molecule has 1 heterocycles. The molecule has 0 fully saturated rings. The van der Waals surface area contributed by atoms with Crippen LogP contribution in [0.25, 0.3) is 10.8 Å². The molecule has 1 aromatic heterocycles. The van der Waals surface area contributed by atoms with Crippen molar-refractivity contribution < 1.29 is 17.9 Å². The van der Waals surface area contributed by atoms with Crippen molar-refractivity contribution in [2.24, 2.45) is 0 Å². The van der Waals surface area contributed by atoms with Crippen LogP contribution < -0.4 is 0 Å². The fraction of sp³-hybridized carbons (Fsp3) is 0.174. The molecule has 0 aliphatic heterocycles. The number of nitrogens with zero attached hydrogens (tertiary/aromatic N) is 2. The monoisotopic (exact) mass is 396 g/mol. The number of aromatic nitrogens is 2. The Morgan fingerprint density at radius 3 is 2.52 bits per heavy atom. The molecular weight excluding hydrogens is 377 g/mol. The van der Waals surface area contributed by atoms with Crippen molar-refractivity contribution in [3.63, 3.8) is 0 Å². The molecule has 0 bridgehead atoms. The van der Waals surface area contributed by atoms with Crippen molar-refractivity contribution in [1.29, 1.82) is 0 Å². The van der Waals surface area contributed by atoms with Crippen LogP contribution in [0.5, 0.6) is 0 Å². The number of imidazole rings is 1. The van der Waals surface area contributed by atoms with Gasteiger partial charge in [-0.1, -0.05) is 48.5 Å². The lowest BCUT2D eigenvalue weighted by Crippen LogP contribution is -2.12. The first kappa shape index (κ1) is 19.2. The van der Waals surface area contributed by atoms with Crippen LogP contribution in [0.3, 0.4) is 0 Å². The van der Waals surface area contributed by atoms with Crippen LogP contribution in [0.4, 0.5) is 13.2 Å². The van der Waals surface area contributed by atoms with Gasteiger partial charge in [0.1, 0.15) is 6.10 Å². The molecule has 148 valence electrons. The first-order chi connectivity index (χ1) is 14.0. The Morgan fingerprint density at radius 1 is 0.931 bits per heavy atom. The third-order valence-electron chi connectivity index (χ3n) is 4.79. The van der Waals surface area contributed by atoms with Gasteiger partial charge in [0.2, 0.25) is 0 Å². The Hall–Kier alpha value is -3.12. The van der Waals surface area contributed by atoms with Gasteiger partial charge >= 0.3 is 6.18 Å². The molecule has 0 N–H and O–H groups in total. The largest absolute Gasteiger partial charge is 0.416 e. The van der Waals surface area contributed by atoms with Gasteiger partial charge in [0.05, 0.1) is 25.0 Å². The molecule has 6 heteroatoms. The van der Waals surface area contributed by atoms with E-state index in [0.29, 0.717) is 12.1 Å². The highest BCUT2D eigenvalue weighted by Gasteiger charge is 2.30. The molecule has 0 spiro atoms. The van der Waals surface area contributed by atoms with Gasteiger partial charge in [-0.05, 0) is 40.1 Å². The number of hydrogen-bond acceptors (Lipinski definition) is 2. The number of hydrogen-bond donors (Lipinski definition) is 0. The summed E-state index contributed by atoms with van der Waals surface area (Å²) in [5.41, 5.74) is 0.774. The van der Waals surface area contributed by atoms with Crippen molar-refractivity contribution in [3.8, 4) is 0 Å². The van der Waals surface area contributed by atoms with Crippen LogP contribution in [0.15, 0.2) is 85.5 Å². The molecule has 0 radical (unpaired) electrons. The zero-order chi connectivity index (χ0) is 20.3. The zero-order valence-corrected chi connectivity index (χ0v) is 15.5. The van der Waals surface area contributed by atoms with E-state index in [4.69, 9.17) is 4.74 Å². The van der Waals surface area contributed by atoms with E-state index in [1.54, 1.807) is 18.6 Å². The second-order valence-electron chi connectivity index (χ2n) is 6.86. The SMILES string of the molecule is FC(F)(F)c1cccc(COC(Cn2ccnc2)c2ccc3ccccc3c2)c1. The van der Waals surface area contributed by atoms with Gasteiger partial charge in [0.15, 0.2) is 0 Å². The maximum absolute atomic E-state index is 13.0. The fourth-order valence-corrected chi connectivity index (χ4v) is 3.28. The molecule has 4 aromatic rings. The molecular formula is C23H19F3N2O. The zero-order valence-electron chi connectivity index (χ0n) is 15.5. The van der Waals surface area contributed by atoms with Crippen LogP contribution in [-0.2, 0) is 24.1 Å². The molecule has 0 amide bonds. The molecule has 3 aromatic carbocycles. The van der Waals surface area contributed by atoms with Gasteiger partial charge in [-0.25, -0.2) is 4.98 Å². The smallest absolute Gasteiger partial charge is 0.367 e. The summed E-state index contributed by atoms with van der Waals surface area (Å²) in [4.78, 5) is 4.06. The fourth-order valence-electron chi connectivity index (χ4n) is 3.28. The molecule has 0 aliphatic carbocycles. The average molecular weight is 396 g/mol. The number of rotatable bonds is 6. The molecule has 0 saturated heterocycles. The minimum Gasteiger partial charge on any atom is -0.367 e. The highest BCUT2D eigenvalue weighted by atomic mass is 19.4. The van der Waals surface area contributed by atoms with E-state index in [2.05, 4.69) is 11.1 Å². The number of halogens is 3. The number of ether oxygens (including phenoxy) is 1. The lowest BCUT2D eigenvalue weighted by molar-refractivity contribution is -0.137. The molecule has 0 saturated carbocycles. The normalized spacial score (nSPS) is 12.9. The van der Waals surface area contributed by atoms with Gasteiger partial charge in [0, 0.05) is 12.4 Å². The third-order valence-corrected chi connectivity index (χ3v) is 4.79. The van der Waals surface area contributed by atoms with Gasteiger partial charge in [-0.3, -0.25) is 0 Å². The number of alkyl halides is 3. The van der Waals surface area contributed by atoms with Gasteiger partial charge in [-0.15, -0.1) is 0 Å². The summed E-state index contributed by atoms with van der Waals surface area (Å²) in [5.74, 6) is 0. The summed E-state index contributed by atoms with van der Waals surface area (Å²) < 4.78 is 46.9. The maximum atomic E-state index is 13.0. The van der Waals surface area contributed by atoms with Crippen molar-refractivity contribution in [2.75, 3.05) is 0 Å². The first-order valence-corrected chi connectivity index (χ1v) is 9.21. The Labute approximate surface area is 166 Å². The van der Waals surface area contributed by atoms with E-state index in [1.165, 1.54) is 6.07 Å². The molecule has 1 atom stereocenters. The molecule has 29 heavy (non-hydrogen) atoms. The van der Waals surface area contributed by atoms with E-state index in [0.717, 1.165) is 28.5 Å². The number of benzene rings is 3. The lowest BCUT2D eigenvalue weighted by atomic mass is 10.0. The van der Waals surface area contributed by atoms with Crippen LogP contribution >= 0.6 is 0 Å². The standard InChI is InChI=1S/C23H19F3N2O/c24-23(25,26)21-7-3-4-17(12-21)15-29-22(14-28-11-10-27-16-28)20-9-8-18-5-1-2-6-19(18)13-20/h1-13,16,22H,14-15H2. The molecule has 0 aliphatic rings. The summed E-state index contributed by atoms with van der Waals surface area (Å²) >= 11 is 0. The second-order valence-corrected chi connectivity index (χ2v) is 6.86. The Morgan fingerprint density at radius 2 is 1.76 bits per heavy atom. The maximum Gasteiger partial charge on any atom is 0.416 e. The summed E-state index contributed by atoms with van der Waals surface area (Å²) in [6.45, 7) is 0.591. The minimum absolute atomic E-state index is 0.0795. The van der Waals surface area contributed by atoms with Crippen LogP contribution in [0.2, 0.25) is 0 Å². The van der Waals surface area contributed by atoms with Gasteiger partial charge < -0.3 is 9.30 Å². The van der Waals surface area contributed by atoms with E-state index < -0.39 is 11.7 Å². The number of fused-ring (bicyclic) bond motifs is 1. The van der Waals surface area contributed by atoms with Crippen molar-refractivity contribution in [3.05, 3.63) is 102 Å². The van der Waals surface area contributed by atoms with E-state index in [1.807, 2.05) is 47.2 Å². The summed E-state index contributed by atoms with van der Waals surface area (Å²) in [7, 11) is 0. The molecule has 4 rings (SSSR count). The van der Waals surface area contributed by atoms with E-state index >= 15 is 0 Å². The van der Waals surface area contributed by atoms with Gasteiger partial charge in [0.25, 0.3) is 0 Å². The lowest BCUT2D eigenvalue weighted by Gasteiger charge is -2.20. The Bertz CT molecular complexity index is 1090. The third kappa shape index (κ3) is 4.66. The topological polar surface area (TPSA) is 27.1 Å². The molecule has 1 unspecified atom stereocenters. The predicted molar refractivity (Wildman–Crippen MR) is 105 cm³/mol. The highest BCUT2D eigenvalue weighted by molar-refractivity contribution is 5.83. The van der Waals surface area contributed by atoms with Crippen LogP contribution in [0, 0.1) is 0 Å². The van der Waals surface area contributed by atoms with Crippen molar-refractivity contribution in [2.45, 2.75) is 25.4 Å². The Kier molecular flexibility index (Phi) is 5.36. The van der Waals surface area contributed by atoms with Crippen molar-refractivity contribution in [1.82, 2.24) is 9.55 Å². The highest BCUT2D eigenvalue weighted by Crippen LogP contribution is 2.30. The average Bonchev–Trinajstić information content (AvgIpc) is 3.23. The summed E-state index contributed by atoms with van der Waals surface area (Å²) in [6.07, 6.45) is 0.515. The summed E-state index contributed by atoms with van der Waals surface area (Å²) in [5, 5.41) is 2.21.